The van der Waals surface area contributed by atoms with Crippen LogP contribution >= 0.6 is 15.9 Å². The first-order valence-electron chi connectivity index (χ1n) is 5.75. The van der Waals surface area contributed by atoms with Gasteiger partial charge in [0.2, 0.25) is 0 Å². The summed E-state index contributed by atoms with van der Waals surface area (Å²) in [5, 5.41) is 3.20. The van der Waals surface area contributed by atoms with Crippen molar-refractivity contribution in [3.8, 4) is 0 Å². The molecule has 0 saturated carbocycles. The Morgan fingerprint density at radius 1 is 1.31 bits per heavy atom. The minimum absolute atomic E-state index is 0.275. The molecule has 3 heteroatoms. The number of halogens is 1. The molecule has 1 N–H and O–H groups in total. The number of benzene rings is 1. The van der Waals surface area contributed by atoms with E-state index in [2.05, 4.69) is 45.5 Å². The highest BCUT2D eigenvalue weighted by molar-refractivity contribution is 9.10. The summed E-state index contributed by atoms with van der Waals surface area (Å²) in [5.74, 6) is 0. The molecule has 1 heterocycles. The van der Waals surface area contributed by atoms with Crippen molar-refractivity contribution in [1.29, 1.82) is 0 Å². The van der Waals surface area contributed by atoms with Crippen molar-refractivity contribution >= 4 is 15.9 Å². The minimum atomic E-state index is 0.275. The van der Waals surface area contributed by atoms with Gasteiger partial charge < -0.3 is 10.1 Å². The Morgan fingerprint density at radius 2 is 2.00 bits per heavy atom. The fourth-order valence-corrected chi connectivity index (χ4v) is 2.48. The molecule has 0 atom stereocenters. The van der Waals surface area contributed by atoms with Gasteiger partial charge in [-0.05, 0) is 44.1 Å². The number of rotatable bonds is 5. The molecule has 2 rings (SSSR count). The van der Waals surface area contributed by atoms with Crippen LogP contribution in [0.5, 0.6) is 0 Å². The van der Waals surface area contributed by atoms with Crippen LogP contribution in [0.15, 0.2) is 28.7 Å². The van der Waals surface area contributed by atoms with Gasteiger partial charge in [-0.15, -0.1) is 0 Å². The molecule has 0 aliphatic carbocycles. The second kappa shape index (κ2) is 5.30. The van der Waals surface area contributed by atoms with E-state index >= 15 is 0 Å². The SMILES string of the molecule is CNCCCC1(c2ccc(Br)cc2)COC1. The molecule has 0 radical (unpaired) electrons. The van der Waals surface area contributed by atoms with Crippen LogP contribution in [-0.4, -0.2) is 26.8 Å². The topological polar surface area (TPSA) is 21.3 Å². The van der Waals surface area contributed by atoms with Gasteiger partial charge in [0.1, 0.15) is 0 Å². The lowest BCUT2D eigenvalue weighted by atomic mass is 9.75. The van der Waals surface area contributed by atoms with Crippen LogP contribution in [0.2, 0.25) is 0 Å². The molecule has 0 unspecified atom stereocenters. The third kappa shape index (κ3) is 2.47. The lowest BCUT2D eigenvalue weighted by Crippen LogP contribution is -2.47. The van der Waals surface area contributed by atoms with Gasteiger partial charge in [0.05, 0.1) is 13.2 Å². The van der Waals surface area contributed by atoms with Gasteiger partial charge in [-0.1, -0.05) is 28.1 Å². The summed E-state index contributed by atoms with van der Waals surface area (Å²) in [5.41, 5.74) is 1.69. The van der Waals surface area contributed by atoms with Crippen molar-refractivity contribution in [3.05, 3.63) is 34.3 Å². The summed E-state index contributed by atoms with van der Waals surface area (Å²) in [7, 11) is 2.00. The van der Waals surface area contributed by atoms with Gasteiger partial charge in [-0.3, -0.25) is 0 Å². The zero-order valence-electron chi connectivity index (χ0n) is 9.63. The van der Waals surface area contributed by atoms with Gasteiger partial charge in [-0.25, -0.2) is 0 Å². The fourth-order valence-electron chi connectivity index (χ4n) is 2.21. The largest absolute Gasteiger partial charge is 0.379 e. The second-order valence-corrected chi connectivity index (χ2v) is 5.40. The van der Waals surface area contributed by atoms with Crippen LogP contribution in [0.4, 0.5) is 0 Å². The first kappa shape index (κ1) is 12.1. The van der Waals surface area contributed by atoms with Gasteiger partial charge >= 0.3 is 0 Å². The summed E-state index contributed by atoms with van der Waals surface area (Å²) in [4.78, 5) is 0. The predicted octanol–water partition coefficient (Wildman–Crippen LogP) is 2.72. The highest BCUT2D eigenvalue weighted by atomic mass is 79.9. The quantitative estimate of drug-likeness (QED) is 0.839. The molecule has 1 aromatic rings. The van der Waals surface area contributed by atoms with Gasteiger partial charge in [0.25, 0.3) is 0 Å². The Balaban J connectivity index is 2.05. The van der Waals surface area contributed by atoms with E-state index in [0.29, 0.717) is 0 Å². The van der Waals surface area contributed by atoms with E-state index in [0.717, 1.165) is 24.2 Å². The number of hydrogen-bond donors (Lipinski definition) is 1. The van der Waals surface area contributed by atoms with E-state index in [1.165, 1.54) is 18.4 Å². The Bertz CT molecular complexity index is 332. The molecular formula is C13H18BrNO. The molecule has 0 bridgehead atoms. The lowest BCUT2D eigenvalue weighted by Gasteiger charge is -2.42. The standard InChI is InChI=1S/C13H18BrNO/c1-15-8-2-7-13(9-16-10-13)11-3-5-12(14)6-4-11/h3-6,15H,2,7-10H2,1H3. The maximum atomic E-state index is 5.42. The highest BCUT2D eigenvalue weighted by Crippen LogP contribution is 2.37. The first-order chi connectivity index (χ1) is 7.77. The average molecular weight is 284 g/mol. The zero-order chi connectivity index (χ0) is 11.4. The maximum absolute atomic E-state index is 5.42. The van der Waals surface area contributed by atoms with E-state index in [1.807, 2.05) is 7.05 Å². The summed E-state index contributed by atoms with van der Waals surface area (Å²) >= 11 is 3.47. The number of ether oxygens (including phenoxy) is 1. The summed E-state index contributed by atoms with van der Waals surface area (Å²) in [6.07, 6.45) is 2.41. The summed E-state index contributed by atoms with van der Waals surface area (Å²) in [6.45, 7) is 2.83. The predicted molar refractivity (Wildman–Crippen MR) is 69.8 cm³/mol. The Kier molecular flexibility index (Phi) is 4.00. The van der Waals surface area contributed by atoms with E-state index < -0.39 is 0 Å². The van der Waals surface area contributed by atoms with Crippen LogP contribution in [-0.2, 0) is 10.2 Å². The van der Waals surface area contributed by atoms with Crippen molar-refractivity contribution in [1.82, 2.24) is 5.32 Å². The minimum Gasteiger partial charge on any atom is -0.379 e. The van der Waals surface area contributed by atoms with Gasteiger partial charge in [0, 0.05) is 9.89 Å². The number of hydrogen-bond acceptors (Lipinski definition) is 2. The van der Waals surface area contributed by atoms with Crippen molar-refractivity contribution in [2.45, 2.75) is 18.3 Å². The third-order valence-corrected chi connectivity index (χ3v) is 3.82. The van der Waals surface area contributed by atoms with Gasteiger partial charge in [0.15, 0.2) is 0 Å². The van der Waals surface area contributed by atoms with Crippen LogP contribution in [0, 0.1) is 0 Å². The van der Waals surface area contributed by atoms with Crippen LogP contribution in [0.1, 0.15) is 18.4 Å². The number of nitrogens with one attached hydrogen (secondary N) is 1. The van der Waals surface area contributed by atoms with E-state index in [4.69, 9.17) is 4.74 Å². The Hall–Kier alpha value is -0.380. The van der Waals surface area contributed by atoms with E-state index in [1.54, 1.807) is 0 Å². The molecule has 1 aliphatic rings. The second-order valence-electron chi connectivity index (χ2n) is 4.49. The lowest BCUT2D eigenvalue weighted by molar-refractivity contribution is -0.0650. The van der Waals surface area contributed by atoms with Crippen LogP contribution in [0.3, 0.4) is 0 Å². The molecule has 1 aromatic carbocycles. The summed E-state index contributed by atoms with van der Waals surface area (Å²) < 4.78 is 6.56. The summed E-state index contributed by atoms with van der Waals surface area (Å²) in [6, 6.07) is 8.67. The van der Waals surface area contributed by atoms with Crippen molar-refractivity contribution in [3.63, 3.8) is 0 Å². The molecule has 1 fully saturated rings. The highest BCUT2D eigenvalue weighted by Gasteiger charge is 2.39. The smallest absolute Gasteiger partial charge is 0.0585 e. The van der Waals surface area contributed by atoms with Crippen LogP contribution < -0.4 is 5.32 Å². The fraction of sp³-hybridized carbons (Fsp3) is 0.538. The molecule has 2 nitrogen and oxygen atoms in total. The maximum Gasteiger partial charge on any atom is 0.0585 e. The molecule has 88 valence electrons. The van der Waals surface area contributed by atoms with E-state index in [9.17, 15) is 0 Å². The molecule has 1 saturated heterocycles. The van der Waals surface area contributed by atoms with Crippen molar-refractivity contribution in [2.75, 3.05) is 26.8 Å². The van der Waals surface area contributed by atoms with Crippen LogP contribution in [0.25, 0.3) is 0 Å². The zero-order valence-corrected chi connectivity index (χ0v) is 11.2. The molecule has 0 amide bonds. The van der Waals surface area contributed by atoms with E-state index in [-0.39, 0.29) is 5.41 Å². The van der Waals surface area contributed by atoms with Crippen molar-refractivity contribution < 1.29 is 4.74 Å². The van der Waals surface area contributed by atoms with Crippen molar-refractivity contribution in [2.24, 2.45) is 0 Å². The molecule has 16 heavy (non-hydrogen) atoms. The van der Waals surface area contributed by atoms with Gasteiger partial charge in [-0.2, -0.15) is 0 Å². The molecule has 1 aliphatic heterocycles. The monoisotopic (exact) mass is 283 g/mol. The molecular weight excluding hydrogens is 266 g/mol. The Morgan fingerprint density at radius 3 is 2.50 bits per heavy atom. The Labute approximate surface area is 106 Å². The third-order valence-electron chi connectivity index (χ3n) is 3.30. The molecule has 0 aromatic heterocycles. The molecule has 0 spiro atoms. The normalized spacial score (nSPS) is 18.1. The average Bonchev–Trinajstić information content (AvgIpc) is 2.24. The first-order valence-corrected chi connectivity index (χ1v) is 6.54.